The Labute approximate surface area is 148 Å². The molecule has 0 saturated carbocycles. The molecule has 26 heavy (non-hydrogen) atoms. The van der Waals surface area contributed by atoms with Gasteiger partial charge in [0.1, 0.15) is 5.69 Å². The fourth-order valence-electron chi connectivity index (χ4n) is 2.04. The van der Waals surface area contributed by atoms with Crippen LogP contribution < -0.4 is 16.8 Å². The lowest BCUT2D eigenvalue weighted by atomic mass is 10.1. The van der Waals surface area contributed by atoms with Gasteiger partial charge in [0.05, 0.1) is 37.4 Å². The van der Waals surface area contributed by atoms with Crippen LogP contribution in [0.4, 0.5) is 11.4 Å². The topological polar surface area (TPSA) is 177 Å². The first-order chi connectivity index (χ1) is 12.3. The van der Waals surface area contributed by atoms with Crippen LogP contribution in [0.3, 0.4) is 0 Å². The van der Waals surface area contributed by atoms with E-state index in [1.165, 1.54) is 29.7 Å². The minimum atomic E-state index is -1.01. The molecule has 0 aliphatic carbocycles. The van der Waals surface area contributed by atoms with E-state index in [2.05, 4.69) is 10.2 Å². The minimum Gasteiger partial charge on any atom is -0.481 e. The van der Waals surface area contributed by atoms with E-state index in [0.717, 1.165) is 0 Å². The summed E-state index contributed by atoms with van der Waals surface area (Å²) in [5, 5.41) is 19.7. The Balaban J connectivity index is 3.10. The largest absolute Gasteiger partial charge is 0.481 e. The van der Waals surface area contributed by atoms with Crippen molar-refractivity contribution in [2.24, 2.45) is 11.5 Å². The number of guanidine groups is 1. The third-order valence-electron chi connectivity index (χ3n) is 3.15. The molecule has 1 rings (SSSR count). The highest BCUT2D eigenvalue weighted by molar-refractivity contribution is 5.95. The average molecular weight is 369 g/mol. The van der Waals surface area contributed by atoms with E-state index in [1.54, 1.807) is 0 Å². The maximum atomic E-state index is 11.5. The van der Waals surface area contributed by atoms with E-state index in [0.29, 0.717) is 5.69 Å². The SMILES string of the molecule is CC(=O)Nc1ccc(C(=O)OO)cc1[N+](CCOCCC(=O)O)=C(N)N. The van der Waals surface area contributed by atoms with Crippen LogP contribution in [0, 0.1) is 0 Å². The molecular formula is C15H21N4O7+. The van der Waals surface area contributed by atoms with Gasteiger partial charge in [0.25, 0.3) is 0 Å². The number of carbonyl (C=O) groups excluding carboxylic acids is 2. The van der Waals surface area contributed by atoms with Crippen LogP contribution >= 0.6 is 0 Å². The van der Waals surface area contributed by atoms with Crippen LogP contribution in [0.1, 0.15) is 23.7 Å². The molecule has 0 heterocycles. The number of carboxylic acids is 1. The molecule has 0 aliphatic heterocycles. The zero-order chi connectivity index (χ0) is 19.7. The molecule has 0 fully saturated rings. The second-order valence-corrected chi connectivity index (χ2v) is 5.12. The molecule has 1 aromatic carbocycles. The standard InChI is InChI=1S/C15H20N4O7/c1-9(20)18-11-3-2-10(14(23)26-24)8-12(11)19(15(16)17)5-7-25-6-4-13(21)22/h2-3,8H,4-7H2,1H3,(H6,16,17,18,20,21,22,23,24)/p+1. The molecule has 11 heteroatoms. The highest BCUT2D eigenvalue weighted by Crippen LogP contribution is 2.26. The van der Waals surface area contributed by atoms with Crippen LogP contribution in [-0.4, -0.2) is 58.5 Å². The zero-order valence-electron chi connectivity index (χ0n) is 14.1. The predicted octanol–water partition coefficient (Wildman–Crippen LogP) is -0.316. The molecule has 7 N–H and O–H groups in total. The number of hydrogen-bond acceptors (Lipinski definition) is 6. The lowest BCUT2D eigenvalue weighted by Crippen LogP contribution is -2.35. The molecule has 0 atom stereocenters. The Bertz CT molecular complexity index is 714. The third kappa shape index (κ3) is 6.37. The number of nitrogens with two attached hydrogens (primary N) is 2. The zero-order valence-corrected chi connectivity index (χ0v) is 14.1. The summed E-state index contributed by atoms with van der Waals surface area (Å²) < 4.78 is 6.56. The summed E-state index contributed by atoms with van der Waals surface area (Å²) in [6, 6.07) is 4.08. The van der Waals surface area contributed by atoms with Gasteiger partial charge in [-0.2, -0.15) is 5.26 Å². The number of carbonyl (C=O) groups is 3. The van der Waals surface area contributed by atoms with Crippen molar-refractivity contribution in [1.82, 2.24) is 0 Å². The molecule has 0 bridgehead atoms. The number of nitrogens with one attached hydrogen (secondary N) is 1. The molecule has 0 radical (unpaired) electrons. The van der Waals surface area contributed by atoms with Crippen LogP contribution in [0.2, 0.25) is 0 Å². The minimum absolute atomic E-state index is 0.00306. The molecule has 0 spiro atoms. The molecule has 0 aliphatic rings. The first kappa shape index (κ1) is 20.9. The molecular weight excluding hydrogens is 348 g/mol. The molecule has 1 amide bonds. The number of anilines is 1. The highest BCUT2D eigenvalue weighted by atomic mass is 17.1. The summed E-state index contributed by atoms with van der Waals surface area (Å²) in [4.78, 5) is 37.1. The van der Waals surface area contributed by atoms with Gasteiger partial charge in [-0.15, -0.1) is 0 Å². The number of rotatable bonds is 9. The number of ether oxygens (including phenoxy) is 1. The van der Waals surface area contributed by atoms with Crippen molar-refractivity contribution in [3.63, 3.8) is 0 Å². The van der Waals surface area contributed by atoms with Gasteiger partial charge >= 0.3 is 17.9 Å². The quantitative estimate of drug-likeness (QED) is 0.0974. The van der Waals surface area contributed by atoms with Crippen molar-refractivity contribution in [3.05, 3.63) is 23.8 Å². The Kier molecular flexibility index (Phi) is 7.99. The summed E-state index contributed by atoms with van der Waals surface area (Å²) in [5.74, 6) is -2.51. The van der Waals surface area contributed by atoms with Crippen LogP contribution in [0.5, 0.6) is 0 Å². The average Bonchev–Trinajstić information content (AvgIpc) is 2.57. The van der Waals surface area contributed by atoms with E-state index < -0.39 is 11.9 Å². The van der Waals surface area contributed by atoms with E-state index in [4.69, 9.17) is 26.6 Å². The summed E-state index contributed by atoms with van der Waals surface area (Å²) in [7, 11) is 0. The van der Waals surface area contributed by atoms with Gasteiger partial charge in [0.15, 0.2) is 0 Å². The van der Waals surface area contributed by atoms with Crippen molar-refractivity contribution in [1.29, 1.82) is 0 Å². The summed E-state index contributed by atoms with van der Waals surface area (Å²) in [6.07, 6.45) is -0.156. The number of hydrogen-bond donors (Lipinski definition) is 5. The Morgan fingerprint density at radius 2 is 1.92 bits per heavy atom. The summed E-state index contributed by atoms with van der Waals surface area (Å²) in [5.41, 5.74) is 11.9. The van der Waals surface area contributed by atoms with E-state index in [1.807, 2.05) is 0 Å². The fourth-order valence-corrected chi connectivity index (χ4v) is 2.04. The van der Waals surface area contributed by atoms with Crippen molar-refractivity contribution < 1.29 is 38.9 Å². The lowest BCUT2D eigenvalue weighted by Gasteiger charge is -2.15. The van der Waals surface area contributed by atoms with Crippen LogP contribution in [0.25, 0.3) is 0 Å². The first-order valence-electron chi connectivity index (χ1n) is 7.48. The number of carboxylic acid groups (broad SMARTS) is 1. The van der Waals surface area contributed by atoms with Crippen molar-refractivity contribution >= 4 is 35.2 Å². The maximum Gasteiger partial charge on any atom is 0.372 e. The smallest absolute Gasteiger partial charge is 0.372 e. The Morgan fingerprint density at radius 1 is 1.23 bits per heavy atom. The van der Waals surface area contributed by atoms with Gasteiger partial charge in [0.2, 0.25) is 5.91 Å². The van der Waals surface area contributed by atoms with Crippen molar-refractivity contribution in [2.45, 2.75) is 13.3 Å². The summed E-state index contributed by atoms with van der Waals surface area (Å²) in [6.45, 7) is 1.50. The van der Waals surface area contributed by atoms with Gasteiger partial charge in [-0.05, 0) is 18.2 Å². The normalized spacial score (nSPS) is 10.1. The van der Waals surface area contributed by atoms with Crippen molar-refractivity contribution in [3.8, 4) is 0 Å². The number of benzene rings is 1. The molecule has 142 valence electrons. The second kappa shape index (κ2) is 9.96. The van der Waals surface area contributed by atoms with E-state index in [-0.39, 0.29) is 49.3 Å². The summed E-state index contributed by atoms with van der Waals surface area (Å²) >= 11 is 0. The van der Waals surface area contributed by atoms with Gasteiger partial charge in [-0.25, -0.2) is 9.37 Å². The number of aliphatic carboxylic acids is 1. The maximum absolute atomic E-state index is 11.5. The third-order valence-corrected chi connectivity index (χ3v) is 3.15. The van der Waals surface area contributed by atoms with E-state index in [9.17, 15) is 14.4 Å². The van der Waals surface area contributed by atoms with Crippen molar-refractivity contribution in [2.75, 3.05) is 25.1 Å². The second-order valence-electron chi connectivity index (χ2n) is 5.12. The Morgan fingerprint density at radius 3 is 2.46 bits per heavy atom. The number of amides is 1. The molecule has 0 unspecified atom stereocenters. The van der Waals surface area contributed by atoms with Gasteiger partial charge in [-0.1, -0.05) is 0 Å². The lowest BCUT2D eigenvalue weighted by molar-refractivity contribution is -0.446. The first-order valence-corrected chi connectivity index (χ1v) is 7.48. The monoisotopic (exact) mass is 369 g/mol. The van der Waals surface area contributed by atoms with E-state index >= 15 is 0 Å². The molecule has 11 nitrogen and oxygen atoms in total. The fraction of sp³-hybridized carbons (Fsp3) is 0.333. The molecule has 0 aromatic heterocycles. The van der Waals surface area contributed by atoms with Gasteiger partial charge in [0, 0.05) is 6.92 Å². The van der Waals surface area contributed by atoms with Crippen LogP contribution in [0.15, 0.2) is 18.2 Å². The van der Waals surface area contributed by atoms with Gasteiger partial charge in [-0.3, -0.25) is 25.9 Å². The van der Waals surface area contributed by atoms with Crippen LogP contribution in [-0.2, 0) is 19.2 Å². The molecule has 1 aromatic rings. The Hall–Kier alpha value is -3.18. The number of nitrogens with zero attached hydrogens (tertiary/aromatic N) is 1. The molecule has 0 saturated heterocycles. The predicted molar refractivity (Wildman–Crippen MR) is 90.0 cm³/mol. The van der Waals surface area contributed by atoms with Gasteiger partial charge < -0.3 is 15.2 Å². The highest BCUT2D eigenvalue weighted by Gasteiger charge is 2.18.